The maximum atomic E-state index is 14.5. The highest BCUT2D eigenvalue weighted by atomic mass is 32.2. The third-order valence-corrected chi connectivity index (χ3v) is 9.94. The first-order valence-corrected chi connectivity index (χ1v) is 15.2. The van der Waals surface area contributed by atoms with Gasteiger partial charge in [0.05, 0.1) is 31.2 Å². The van der Waals surface area contributed by atoms with Gasteiger partial charge in [-0.15, -0.1) is 0 Å². The van der Waals surface area contributed by atoms with E-state index in [0.717, 1.165) is 25.9 Å². The van der Waals surface area contributed by atoms with E-state index < -0.39 is 33.8 Å². The van der Waals surface area contributed by atoms with Gasteiger partial charge in [-0.2, -0.15) is 4.31 Å². The van der Waals surface area contributed by atoms with E-state index in [1.165, 1.54) is 45.4 Å². The Hall–Kier alpha value is -4.22. The zero-order chi connectivity index (χ0) is 31.6. The molecular formula is C32H36N2O8S. The van der Waals surface area contributed by atoms with Crippen LogP contribution in [-0.2, 0) is 30.8 Å². The Morgan fingerprint density at radius 2 is 1.51 bits per heavy atom. The third kappa shape index (κ3) is 6.28. The summed E-state index contributed by atoms with van der Waals surface area (Å²) in [6.45, 7) is 8.40. The normalized spacial score (nSPS) is 15.3. The van der Waals surface area contributed by atoms with Gasteiger partial charge >= 0.3 is 5.97 Å². The molecule has 10 nitrogen and oxygen atoms in total. The van der Waals surface area contributed by atoms with E-state index in [1.807, 2.05) is 19.9 Å². The molecule has 0 N–H and O–H groups in total. The van der Waals surface area contributed by atoms with E-state index in [1.54, 1.807) is 32.0 Å². The van der Waals surface area contributed by atoms with E-state index in [4.69, 9.17) is 14.2 Å². The van der Waals surface area contributed by atoms with Crippen molar-refractivity contribution in [2.75, 3.05) is 25.7 Å². The van der Waals surface area contributed by atoms with Gasteiger partial charge < -0.3 is 14.2 Å². The molecule has 43 heavy (non-hydrogen) atoms. The number of imide groups is 1. The zero-order valence-electron chi connectivity index (χ0n) is 25.4. The lowest BCUT2D eigenvalue weighted by Gasteiger charge is -2.29. The van der Waals surface area contributed by atoms with Crippen molar-refractivity contribution in [3.8, 4) is 17.2 Å². The van der Waals surface area contributed by atoms with Crippen molar-refractivity contribution < 1.29 is 37.0 Å². The van der Waals surface area contributed by atoms with E-state index in [9.17, 15) is 22.8 Å². The molecule has 0 aromatic heterocycles. The number of amides is 2. The summed E-state index contributed by atoms with van der Waals surface area (Å²) in [6, 6.07) is 11.9. The highest BCUT2D eigenvalue weighted by Crippen LogP contribution is 2.35. The molecule has 228 valence electrons. The Morgan fingerprint density at radius 3 is 2.07 bits per heavy atom. The minimum atomic E-state index is -4.25. The molecule has 0 aliphatic carbocycles. The second-order valence-corrected chi connectivity index (χ2v) is 12.3. The predicted molar refractivity (Wildman–Crippen MR) is 161 cm³/mol. The number of sulfonamides is 1. The zero-order valence-corrected chi connectivity index (χ0v) is 26.2. The first kappa shape index (κ1) is 31.7. The molecule has 3 aromatic rings. The van der Waals surface area contributed by atoms with Gasteiger partial charge in [0, 0.05) is 13.5 Å². The number of rotatable bonds is 10. The number of methoxy groups -OCH3 is 2. The van der Waals surface area contributed by atoms with Gasteiger partial charge in [-0.05, 0) is 98.3 Å². The topological polar surface area (TPSA) is 120 Å². The van der Waals surface area contributed by atoms with Crippen LogP contribution in [0.4, 0.5) is 5.69 Å². The average molecular weight is 609 g/mol. The Labute approximate surface area is 252 Å². The second-order valence-electron chi connectivity index (χ2n) is 10.5. The largest absolute Gasteiger partial charge is 0.493 e. The van der Waals surface area contributed by atoms with E-state index in [0.29, 0.717) is 22.6 Å². The molecule has 1 unspecified atom stereocenters. The van der Waals surface area contributed by atoms with Gasteiger partial charge in [-0.3, -0.25) is 14.4 Å². The van der Waals surface area contributed by atoms with Crippen molar-refractivity contribution >= 4 is 33.5 Å². The lowest BCUT2D eigenvalue weighted by Crippen LogP contribution is -2.46. The molecule has 0 bridgehead atoms. The van der Waals surface area contributed by atoms with Crippen molar-refractivity contribution in [3.63, 3.8) is 0 Å². The molecule has 1 saturated heterocycles. The molecule has 2 amide bonds. The number of anilines is 1. The minimum absolute atomic E-state index is 0.0629. The molecule has 0 radical (unpaired) electrons. The minimum Gasteiger partial charge on any atom is -0.493 e. The van der Waals surface area contributed by atoms with Gasteiger partial charge in [0.15, 0.2) is 11.5 Å². The SMILES string of the molecule is COc1ccc(CCN(C2CC(=O)N(c3ccc(OC(C)=O)cc3)C2=O)S(=O)(=O)c2c(C)c(C)cc(C)c2C)cc1OC. The van der Waals surface area contributed by atoms with Crippen LogP contribution >= 0.6 is 0 Å². The van der Waals surface area contributed by atoms with Crippen LogP contribution in [0.15, 0.2) is 53.4 Å². The van der Waals surface area contributed by atoms with Gasteiger partial charge in [0.25, 0.3) is 5.91 Å². The molecule has 4 rings (SSSR count). The first-order chi connectivity index (χ1) is 20.3. The summed E-state index contributed by atoms with van der Waals surface area (Å²) in [6.07, 6.45) is -0.0733. The molecule has 0 saturated carbocycles. The molecule has 3 aromatic carbocycles. The number of hydrogen-bond donors (Lipinski definition) is 0. The summed E-state index contributed by atoms with van der Waals surface area (Å²) in [5.41, 5.74) is 3.82. The van der Waals surface area contributed by atoms with Crippen LogP contribution < -0.4 is 19.1 Å². The lowest BCUT2D eigenvalue weighted by molar-refractivity contribution is -0.132. The monoisotopic (exact) mass is 608 g/mol. The van der Waals surface area contributed by atoms with Crippen molar-refractivity contribution in [3.05, 3.63) is 76.3 Å². The number of hydrogen-bond acceptors (Lipinski definition) is 8. The van der Waals surface area contributed by atoms with Crippen molar-refractivity contribution in [1.82, 2.24) is 4.31 Å². The van der Waals surface area contributed by atoms with E-state index >= 15 is 0 Å². The van der Waals surface area contributed by atoms with Gasteiger partial charge in [-0.1, -0.05) is 12.1 Å². The van der Waals surface area contributed by atoms with Gasteiger partial charge in [0.1, 0.15) is 11.8 Å². The van der Waals surface area contributed by atoms with Crippen LogP contribution in [0.25, 0.3) is 0 Å². The summed E-state index contributed by atoms with van der Waals surface area (Å²) in [7, 11) is -1.21. The van der Waals surface area contributed by atoms with Crippen LogP contribution in [0.5, 0.6) is 17.2 Å². The molecule has 1 heterocycles. The number of esters is 1. The third-order valence-electron chi connectivity index (χ3n) is 7.76. The smallest absolute Gasteiger partial charge is 0.308 e. The fourth-order valence-electron chi connectivity index (χ4n) is 5.35. The first-order valence-electron chi connectivity index (χ1n) is 13.8. The number of aryl methyl sites for hydroxylation is 2. The standard InChI is InChI=1S/C32H36N2O8S/c1-19-16-20(2)22(4)31(21(19)3)43(38,39)33(15-14-24-8-13-28(40-6)29(17-24)41-7)27-18-30(36)34(32(27)37)25-9-11-26(12-10-25)42-23(5)35/h8-13,16-17,27H,14-15,18H2,1-7H3. The highest BCUT2D eigenvalue weighted by Gasteiger charge is 2.47. The lowest BCUT2D eigenvalue weighted by atomic mass is 10.0. The fourth-order valence-corrected chi connectivity index (χ4v) is 7.51. The number of carbonyl (C=O) groups is 3. The fraction of sp³-hybridized carbons (Fsp3) is 0.344. The van der Waals surface area contributed by atoms with Crippen molar-refractivity contribution in [2.24, 2.45) is 0 Å². The van der Waals surface area contributed by atoms with Crippen LogP contribution in [0.2, 0.25) is 0 Å². The van der Waals surface area contributed by atoms with Crippen molar-refractivity contribution in [2.45, 2.75) is 58.4 Å². The second kappa shape index (κ2) is 12.6. The molecule has 11 heteroatoms. The maximum absolute atomic E-state index is 14.5. The van der Waals surface area contributed by atoms with E-state index in [2.05, 4.69) is 0 Å². The number of benzene rings is 3. The van der Waals surface area contributed by atoms with Crippen LogP contribution in [-0.4, -0.2) is 57.3 Å². The Kier molecular flexibility index (Phi) is 9.26. The predicted octanol–water partition coefficient (Wildman–Crippen LogP) is 4.43. The molecule has 1 aliphatic rings. The summed E-state index contributed by atoms with van der Waals surface area (Å²) in [4.78, 5) is 39.6. The average Bonchev–Trinajstić information content (AvgIpc) is 3.24. The maximum Gasteiger partial charge on any atom is 0.308 e. The van der Waals surface area contributed by atoms with Crippen LogP contribution in [0.1, 0.15) is 41.2 Å². The Morgan fingerprint density at radius 1 is 0.907 bits per heavy atom. The van der Waals surface area contributed by atoms with Crippen LogP contribution in [0, 0.1) is 27.7 Å². The highest BCUT2D eigenvalue weighted by molar-refractivity contribution is 7.89. The number of ether oxygens (including phenoxy) is 3. The Balaban J connectivity index is 1.76. The Bertz CT molecular complexity index is 1660. The quantitative estimate of drug-likeness (QED) is 0.188. The molecule has 1 atom stereocenters. The summed E-state index contributed by atoms with van der Waals surface area (Å²) in [5.74, 6) is -0.411. The number of carbonyl (C=O) groups excluding carboxylic acids is 3. The summed E-state index contributed by atoms with van der Waals surface area (Å²) >= 11 is 0. The van der Waals surface area contributed by atoms with Gasteiger partial charge in [-0.25, -0.2) is 13.3 Å². The van der Waals surface area contributed by atoms with Crippen molar-refractivity contribution in [1.29, 1.82) is 0 Å². The number of nitrogens with zero attached hydrogens (tertiary/aromatic N) is 2. The molecular weight excluding hydrogens is 572 g/mol. The molecule has 1 fully saturated rings. The molecule has 1 aliphatic heterocycles. The van der Waals surface area contributed by atoms with Gasteiger partial charge in [0.2, 0.25) is 15.9 Å². The molecule has 0 spiro atoms. The summed E-state index contributed by atoms with van der Waals surface area (Å²) < 4.78 is 46.0. The summed E-state index contributed by atoms with van der Waals surface area (Å²) in [5, 5.41) is 0. The van der Waals surface area contributed by atoms with E-state index in [-0.39, 0.29) is 35.7 Å². The van der Waals surface area contributed by atoms with Crippen LogP contribution in [0.3, 0.4) is 0 Å².